The topological polar surface area (TPSA) is 86.8 Å². The zero-order valence-electron chi connectivity index (χ0n) is 17.4. The number of benzene rings is 1. The molecule has 1 N–H and O–H groups in total. The van der Waals surface area contributed by atoms with Gasteiger partial charge in [0.05, 0.1) is 12.0 Å². The molecule has 2 atom stereocenters. The van der Waals surface area contributed by atoms with Gasteiger partial charge in [0.1, 0.15) is 0 Å². The summed E-state index contributed by atoms with van der Waals surface area (Å²) >= 11 is 1.54. The Balaban J connectivity index is 1.44. The second kappa shape index (κ2) is 9.01. The predicted octanol–water partition coefficient (Wildman–Crippen LogP) is 2.81. The van der Waals surface area contributed by atoms with E-state index < -0.39 is 5.92 Å². The third kappa shape index (κ3) is 4.39. The van der Waals surface area contributed by atoms with E-state index in [0.717, 1.165) is 16.1 Å². The van der Waals surface area contributed by atoms with Crippen LogP contribution >= 0.6 is 11.3 Å². The van der Waals surface area contributed by atoms with Gasteiger partial charge in [-0.3, -0.25) is 24.1 Å². The Morgan fingerprint density at radius 2 is 1.77 bits per heavy atom. The number of thiophene rings is 1. The molecule has 2 fully saturated rings. The fraction of sp³-hybridized carbons (Fsp3) is 0.391. The number of aryl methyl sites for hydroxylation is 1. The molecular weight excluding hydrogens is 414 g/mol. The highest BCUT2D eigenvalue weighted by Gasteiger charge is 2.45. The van der Waals surface area contributed by atoms with Crippen molar-refractivity contribution in [1.29, 1.82) is 0 Å². The summed E-state index contributed by atoms with van der Waals surface area (Å²) in [4.78, 5) is 53.3. The minimum atomic E-state index is -0.498. The quantitative estimate of drug-likeness (QED) is 0.531. The summed E-state index contributed by atoms with van der Waals surface area (Å²) in [5.74, 6) is -1.05. The van der Waals surface area contributed by atoms with Crippen molar-refractivity contribution in [1.82, 2.24) is 10.2 Å². The predicted molar refractivity (Wildman–Crippen MR) is 117 cm³/mol. The highest BCUT2D eigenvalue weighted by Crippen LogP contribution is 2.43. The van der Waals surface area contributed by atoms with E-state index in [1.807, 2.05) is 48.7 Å². The lowest BCUT2D eigenvalue weighted by atomic mass is 9.97. The van der Waals surface area contributed by atoms with Gasteiger partial charge in [-0.15, -0.1) is 11.3 Å². The highest BCUT2D eigenvalue weighted by atomic mass is 32.1. The van der Waals surface area contributed by atoms with Crippen LogP contribution < -0.4 is 10.2 Å². The molecular formula is C23H25N3O4S. The van der Waals surface area contributed by atoms with Crippen molar-refractivity contribution in [3.63, 3.8) is 0 Å². The molecule has 2 aliphatic rings. The molecule has 2 aromatic rings. The van der Waals surface area contributed by atoms with E-state index in [0.29, 0.717) is 19.5 Å². The lowest BCUT2D eigenvalue weighted by Gasteiger charge is -2.27. The van der Waals surface area contributed by atoms with Crippen LogP contribution in [0.2, 0.25) is 0 Å². The van der Waals surface area contributed by atoms with Crippen molar-refractivity contribution in [3.05, 3.63) is 52.2 Å². The zero-order chi connectivity index (χ0) is 22.0. The molecule has 0 aliphatic carbocycles. The van der Waals surface area contributed by atoms with E-state index in [-0.39, 0.29) is 48.9 Å². The fourth-order valence-corrected chi connectivity index (χ4v) is 5.10. The van der Waals surface area contributed by atoms with Crippen LogP contribution in [-0.2, 0) is 19.2 Å². The molecule has 1 aromatic heterocycles. The number of carbonyl (C=O) groups excluding carboxylic acids is 4. The molecule has 2 saturated heterocycles. The van der Waals surface area contributed by atoms with E-state index in [4.69, 9.17) is 0 Å². The fourth-order valence-electron chi connectivity index (χ4n) is 4.22. The molecule has 2 unspecified atom stereocenters. The number of imide groups is 1. The van der Waals surface area contributed by atoms with Gasteiger partial charge >= 0.3 is 0 Å². The van der Waals surface area contributed by atoms with Crippen LogP contribution in [-0.4, -0.2) is 41.6 Å². The Labute approximate surface area is 185 Å². The second-order valence-electron chi connectivity index (χ2n) is 7.95. The maximum atomic E-state index is 13.0. The van der Waals surface area contributed by atoms with Gasteiger partial charge in [0, 0.05) is 42.9 Å². The minimum Gasteiger partial charge on any atom is -0.356 e. The number of carbonyl (C=O) groups is 4. The monoisotopic (exact) mass is 439 g/mol. The van der Waals surface area contributed by atoms with Crippen LogP contribution in [0.5, 0.6) is 0 Å². The summed E-state index contributed by atoms with van der Waals surface area (Å²) in [6, 6.07) is 11.3. The van der Waals surface area contributed by atoms with Crippen LogP contribution in [0.15, 0.2) is 41.8 Å². The largest absolute Gasteiger partial charge is 0.356 e. The first-order chi connectivity index (χ1) is 15.0. The molecule has 7 nitrogen and oxygen atoms in total. The number of nitrogens with one attached hydrogen (secondary N) is 1. The number of hydrogen-bond donors (Lipinski definition) is 1. The van der Waals surface area contributed by atoms with Crippen molar-refractivity contribution in [2.24, 2.45) is 5.92 Å². The van der Waals surface area contributed by atoms with Gasteiger partial charge in [-0.05, 0) is 36.9 Å². The van der Waals surface area contributed by atoms with E-state index in [1.165, 1.54) is 16.2 Å². The van der Waals surface area contributed by atoms with Gasteiger partial charge in [-0.1, -0.05) is 23.8 Å². The number of anilines is 1. The van der Waals surface area contributed by atoms with Crippen molar-refractivity contribution in [3.8, 4) is 0 Å². The third-order valence-electron chi connectivity index (χ3n) is 5.82. The smallest absolute Gasteiger partial charge is 0.229 e. The maximum Gasteiger partial charge on any atom is 0.229 e. The third-order valence-corrected chi connectivity index (χ3v) is 6.76. The first-order valence-electron chi connectivity index (χ1n) is 10.5. The highest BCUT2D eigenvalue weighted by molar-refractivity contribution is 7.10. The molecule has 4 rings (SSSR count). The Morgan fingerprint density at radius 1 is 1.06 bits per heavy atom. The standard InChI is InChI=1S/C23H25N3O4S/c1-15-5-7-16(8-6-15)26-21(29)14-17(22(26)18-4-2-13-31-18)23(30)24-11-3-12-25-19(27)9-10-20(25)28/h2,4-8,13,17,22H,3,9-12,14H2,1H3,(H,24,30). The molecule has 0 spiro atoms. The molecule has 31 heavy (non-hydrogen) atoms. The first-order valence-corrected chi connectivity index (χ1v) is 11.4. The second-order valence-corrected chi connectivity index (χ2v) is 8.93. The Bertz CT molecular complexity index is 971. The number of rotatable bonds is 7. The summed E-state index contributed by atoms with van der Waals surface area (Å²) < 4.78 is 0. The molecule has 3 heterocycles. The molecule has 0 radical (unpaired) electrons. The summed E-state index contributed by atoms with van der Waals surface area (Å²) in [6.07, 6.45) is 1.18. The lowest BCUT2D eigenvalue weighted by molar-refractivity contribution is -0.138. The van der Waals surface area contributed by atoms with Crippen molar-refractivity contribution in [2.45, 2.75) is 38.6 Å². The minimum absolute atomic E-state index is 0.0735. The molecule has 8 heteroatoms. The number of likely N-dealkylation sites (tertiary alicyclic amines) is 1. The average molecular weight is 440 g/mol. The van der Waals surface area contributed by atoms with Crippen LogP contribution in [0.4, 0.5) is 5.69 Å². The van der Waals surface area contributed by atoms with Crippen molar-refractivity contribution >= 4 is 40.7 Å². The van der Waals surface area contributed by atoms with Crippen LogP contribution in [0.3, 0.4) is 0 Å². The Hall–Kier alpha value is -3.00. The van der Waals surface area contributed by atoms with Crippen molar-refractivity contribution in [2.75, 3.05) is 18.0 Å². The SMILES string of the molecule is Cc1ccc(N2C(=O)CC(C(=O)NCCCN3C(=O)CCC3=O)C2c2cccs2)cc1. The van der Waals surface area contributed by atoms with Gasteiger partial charge in [-0.25, -0.2) is 0 Å². The van der Waals surface area contributed by atoms with Crippen molar-refractivity contribution < 1.29 is 19.2 Å². The number of nitrogens with zero attached hydrogens (tertiary/aromatic N) is 2. The molecule has 162 valence electrons. The zero-order valence-corrected chi connectivity index (χ0v) is 18.2. The molecule has 2 aliphatic heterocycles. The Morgan fingerprint density at radius 3 is 2.42 bits per heavy atom. The van der Waals surface area contributed by atoms with Crippen LogP contribution in [0, 0.1) is 12.8 Å². The summed E-state index contributed by atoms with van der Waals surface area (Å²) in [5.41, 5.74) is 1.89. The number of amides is 4. The van der Waals surface area contributed by atoms with E-state index in [9.17, 15) is 19.2 Å². The average Bonchev–Trinajstić information content (AvgIpc) is 3.46. The summed E-state index contributed by atoms with van der Waals surface area (Å²) in [7, 11) is 0. The van der Waals surface area contributed by atoms with Crippen LogP contribution in [0.1, 0.15) is 42.2 Å². The first kappa shape index (κ1) is 21.2. The lowest BCUT2D eigenvalue weighted by Crippen LogP contribution is -2.37. The Kier molecular flexibility index (Phi) is 6.18. The van der Waals surface area contributed by atoms with E-state index in [2.05, 4.69) is 5.32 Å². The van der Waals surface area contributed by atoms with Gasteiger partial charge < -0.3 is 10.2 Å². The molecule has 1 aromatic carbocycles. The summed E-state index contributed by atoms with van der Waals surface area (Å²) in [5, 5.41) is 4.86. The van der Waals surface area contributed by atoms with Crippen LogP contribution in [0.25, 0.3) is 0 Å². The van der Waals surface area contributed by atoms with E-state index >= 15 is 0 Å². The van der Waals surface area contributed by atoms with Gasteiger partial charge in [0.15, 0.2) is 0 Å². The van der Waals surface area contributed by atoms with Gasteiger partial charge in [0.25, 0.3) is 0 Å². The molecule has 4 amide bonds. The van der Waals surface area contributed by atoms with Gasteiger partial charge in [0.2, 0.25) is 23.6 Å². The van der Waals surface area contributed by atoms with E-state index in [1.54, 1.807) is 4.90 Å². The normalized spacial score (nSPS) is 21.3. The molecule has 0 saturated carbocycles. The van der Waals surface area contributed by atoms with Gasteiger partial charge in [-0.2, -0.15) is 0 Å². The maximum absolute atomic E-state index is 13.0. The number of hydrogen-bond acceptors (Lipinski definition) is 5. The summed E-state index contributed by atoms with van der Waals surface area (Å²) in [6.45, 7) is 2.65. The molecule has 0 bridgehead atoms.